The molecule has 0 aliphatic carbocycles. The van der Waals surface area contributed by atoms with Crippen LogP contribution >= 0.6 is 0 Å². The Kier molecular flexibility index (Phi) is 7.03. The molecule has 0 spiro atoms. The lowest BCUT2D eigenvalue weighted by molar-refractivity contribution is -0.116. The molecule has 0 saturated carbocycles. The minimum absolute atomic E-state index is 0.117. The van der Waals surface area contributed by atoms with Crippen molar-refractivity contribution in [2.24, 2.45) is 0 Å². The normalized spacial score (nSPS) is 12.4. The first-order valence-corrected chi connectivity index (χ1v) is 9.65. The van der Waals surface area contributed by atoms with E-state index in [0.29, 0.717) is 11.6 Å². The summed E-state index contributed by atoms with van der Waals surface area (Å²) in [5.74, 6) is -2.37. The summed E-state index contributed by atoms with van der Waals surface area (Å²) in [6.45, 7) is 0. The molecular weight excluding hydrogens is 404 g/mol. The van der Waals surface area contributed by atoms with Crippen LogP contribution in [0.1, 0.15) is 17.2 Å². The van der Waals surface area contributed by atoms with Gasteiger partial charge in [0.05, 0.1) is 13.2 Å². The van der Waals surface area contributed by atoms with Gasteiger partial charge in [-0.3, -0.25) is 4.79 Å². The minimum Gasteiger partial charge on any atom is -0.495 e. The number of halogens is 2. The second kappa shape index (κ2) is 9.27. The van der Waals surface area contributed by atoms with E-state index in [1.807, 2.05) is 0 Å². The molecule has 0 radical (unpaired) electrons. The van der Waals surface area contributed by atoms with Gasteiger partial charge in [-0.05, 0) is 36.9 Å². The molecule has 10 heteroatoms. The standard InChI is InChI=1S/C19H17F2N3O4S/c1-23-29(26,27)18-9-12(3-7-17(18)28-2)4-8-19(25)24-16(11-22)14-6-5-13(20)10-15(14)21/h3-10,16,23H,1-2H3,(H,24,25)/b8-4+. The molecule has 29 heavy (non-hydrogen) atoms. The third-order valence-electron chi connectivity index (χ3n) is 3.86. The Hall–Kier alpha value is -3.29. The van der Waals surface area contributed by atoms with Crippen molar-refractivity contribution in [2.45, 2.75) is 10.9 Å². The Bertz CT molecular complexity index is 1100. The summed E-state index contributed by atoms with van der Waals surface area (Å²) < 4.78 is 58.2. The van der Waals surface area contributed by atoms with Gasteiger partial charge in [0.1, 0.15) is 28.3 Å². The summed E-state index contributed by atoms with van der Waals surface area (Å²) in [7, 11) is -1.22. The molecule has 0 aliphatic heterocycles. The van der Waals surface area contributed by atoms with Crippen LogP contribution in [0, 0.1) is 23.0 Å². The fourth-order valence-corrected chi connectivity index (χ4v) is 3.32. The summed E-state index contributed by atoms with van der Waals surface area (Å²) in [6.07, 6.45) is 2.38. The largest absolute Gasteiger partial charge is 0.495 e. The molecule has 2 rings (SSSR count). The number of carbonyl (C=O) groups is 1. The first-order valence-electron chi connectivity index (χ1n) is 8.16. The van der Waals surface area contributed by atoms with Gasteiger partial charge in [0.15, 0.2) is 0 Å². The van der Waals surface area contributed by atoms with Crippen LogP contribution in [-0.2, 0) is 14.8 Å². The summed E-state index contributed by atoms with van der Waals surface area (Å²) in [5, 5.41) is 11.5. The van der Waals surface area contributed by atoms with E-state index in [4.69, 9.17) is 4.74 Å². The van der Waals surface area contributed by atoms with Crippen molar-refractivity contribution in [1.29, 1.82) is 5.26 Å². The van der Waals surface area contributed by atoms with Gasteiger partial charge >= 0.3 is 0 Å². The molecule has 0 aromatic heterocycles. The van der Waals surface area contributed by atoms with Crippen molar-refractivity contribution in [1.82, 2.24) is 10.0 Å². The molecule has 0 bridgehead atoms. The Balaban J connectivity index is 2.22. The topological polar surface area (TPSA) is 108 Å². The number of sulfonamides is 1. The van der Waals surface area contributed by atoms with Crippen LogP contribution in [0.2, 0.25) is 0 Å². The van der Waals surface area contributed by atoms with Gasteiger partial charge in [-0.15, -0.1) is 0 Å². The van der Waals surface area contributed by atoms with E-state index in [2.05, 4.69) is 10.0 Å². The number of benzene rings is 2. The number of hydrogen-bond donors (Lipinski definition) is 2. The molecule has 1 amide bonds. The third kappa shape index (κ3) is 5.37. The van der Waals surface area contributed by atoms with Crippen molar-refractivity contribution < 1.29 is 26.7 Å². The maximum Gasteiger partial charge on any atom is 0.245 e. The zero-order valence-corrected chi connectivity index (χ0v) is 16.3. The Morgan fingerprint density at radius 2 is 1.97 bits per heavy atom. The van der Waals surface area contributed by atoms with Crippen molar-refractivity contribution in [2.75, 3.05) is 14.2 Å². The van der Waals surface area contributed by atoms with Crippen molar-refractivity contribution in [3.63, 3.8) is 0 Å². The van der Waals surface area contributed by atoms with Gasteiger partial charge in [-0.1, -0.05) is 12.1 Å². The van der Waals surface area contributed by atoms with Gasteiger partial charge in [0.2, 0.25) is 15.9 Å². The van der Waals surface area contributed by atoms with E-state index in [1.54, 1.807) is 6.07 Å². The molecule has 0 heterocycles. The minimum atomic E-state index is -3.79. The monoisotopic (exact) mass is 421 g/mol. The highest BCUT2D eigenvalue weighted by Crippen LogP contribution is 2.25. The van der Waals surface area contributed by atoms with Crippen LogP contribution in [0.15, 0.2) is 47.4 Å². The Morgan fingerprint density at radius 1 is 1.24 bits per heavy atom. The molecule has 1 atom stereocenters. The van der Waals surface area contributed by atoms with E-state index in [1.165, 1.54) is 38.4 Å². The number of nitrogens with one attached hydrogen (secondary N) is 2. The number of rotatable bonds is 7. The second-order valence-corrected chi connectivity index (χ2v) is 7.54. The number of nitriles is 1. The number of methoxy groups -OCH3 is 1. The van der Waals surface area contributed by atoms with Crippen LogP contribution in [-0.4, -0.2) is 28.5 Å². The van der Waals surface area contributed by atoms with Crippen LogP contribution in [0.3, 0.4) is 0 Å². The summed E-state index contributed by atoms with van der Waals surface area (Å²) >= 11 is 0. The predicted molar refractivity (Wildman–Crippen MR) is 101 cm³/mol. The van der Waals surface area contributed by atoms with E-state index in [9.17, 15) is 27.3 Å². The first-order chi connectivity index (χ1) is 13.7. The smallest absolute Gasteiger partial charge is 0.245 e. The lowest BCUT2D eigenvalue weighted by Crippen LogP contribution is -2.26. The van der Waals surface area contributed by atoms with Crippen LogP contribution in [0.4, 0.5) is 8.78 Å². The van der Waals surface area contributed by atoms with Crippen molar-refractivity contribution >= 4 is 22.0 Å². The van der Waals surface area contributed by atoms with Crippen LogP contribution < -0.4 is 14.8 Å². The quantitative estimate of drug-likeness (QED) is 0.667. The maximum absolute atomic E-state index is 13.8. The van der Waals surface area contributed by atoms with E-state index < -0.39 is 33.6 Å². The third-order valence-corrected chi connectivity index (χ3v) is 5.30. The SMILES string of the molecule is CNS(=O)(=O)c1cc(/C=C/C(=O)NC(C#N)c2ccc(F)cc2F)ccc1OC. The highest BCUT2D eigenvalue weighted by molar-refractivity contribution is 7.89. The predicted octanol–water partition coefficient (Wildman–Crippen LogP) is 2.28. The molecule has 2 N–H and O–H groups in total. The summed E-state index contributed by atoms with van der Waals surface area (Å²) in [5.41, 5.74) is 0.193. The fraction of sp³-hybridized carbons (Fsp3) is 0.158. The number of carbonyl (C=O) groups excluding carboxylic acids is 1. The highest BCUT2D eigenvalue weighted by atomic mass is 32.2. The molecule has 152 valence electrons. The molecule has 7 nitrogen and oxygen atoms in total. The van der Waals surface area contributed by atoms with E-state index in [0.717, 1.165) is 18.2 Å². The van der Waals surface area contributed by atoms with Gasteiger partial charge in [0, 0.05) is 17.7 Å². The molecule has 0 fully saturated rings. The van der Waals surface area contributed by atoms with Gasteiger partial charge in [-0.25, -0.2) is 21.9 Å². The van der Waals surface area contributed by atoms with Crippen LogP contribution in [0.25, 0.3) is 6.08 Å². The maximum atomic E-state index is 13.8. The lowest BCUT2D eigenvalue weighted by atomic mass is 10.1. The summed E-state index contributed by atoms with van der Waals surface area (Å²) in [4.78, 5) is 12.0. The highest BCUT2D eigenvalue weighted by Gasteiger charge is 2.19. The number of hydrogen-bond acceptors (Lipinski definition) is 5. The van der Waals surface area contributed by atoms with Crippen molar-refractivity contribution in [3.8, 4) is 11.8 Å². The average Bonchev–Trinajstić information content (AvgIpc) is 2.70. The first kappa shape index (κ1) is 22.0. The molecule has 2 aromatic carbocycles. The lowest BCUT2D eigenvalue weighted by Gasteiger charge is -2.11. The molecule has 1 unspecified atom stereocenters. The number of nitrogens with zero attached hydrogens (tertiary/aromatic N) is 1. The fourth-order valence-electron chi connectivity index (χ4n) is 2.39. The summed E-state index contributed by atoms with van der Waals surface area (Å²) in [6, 6.07) is 7.31. The van der Waals surface area contributed by atoms with Gasteiger partial charge in [0.25, 0.3) is 0 Å². The second-order valence-electron chi connectivity index (χ2n) is 5.69. The molecule has 0 aliphatic rings. The molecule has 0 saturated heterocycles. The average molecular weight is 421 g/mol. The van der Waals surface area contributed by atoms with Gasteiger partial charge in [-0.2, -0.15) is 5.26 Å². The van der Waals surface area contributed by atoms with Gasteiger partial charge < -0.3 is 10.1 Å². The zero-order chi connectivity index (χ0) is 21.6. The van der Waals surface area contributed by atoms with Crippen LogP contribution in [0.5, 0.6) is 5.75 Å². The Labute approximate surface area is 166 Å². The van der Waals surface area contributed by atoms with E-state index in [-0.39, 0.29) is 16.2 Å². The zero-order valence-electron chi connectivity index (χ0n) is 15.4. The van der Waals surface area contributed by atoms with E-state index >= 15 is 0 Å². The molecule has 2 aromatic rings. The number of ether oxygens (including phenoxy) is 1. The number of amides is 1. The molecular formula is C19H17F2N3O4S. The van der Waals surface area contributed by atoms with Crippen molar-refractivity contribution in [3.05, 3.63) is 65.2 Å². The Morgan fingerprint density at radius 3 is 2.55 bits per heavy atom.